The van der Waals surface area contributed by atoms with Gasteiger partial charge in [0.05, 0.1) is 0 Å². The maximum atomic E-state index is 2.75. The molecule has 0 amide bonds. The fourth-order valence-electron chi connectivity index (χ4n) is 0.952. The molecule has 0 nitrogen and oxygen atoms in total. The lowest BCUT2D eigenvalue weighted by Crippen LogP contribution is -2.11. The Balaban J connectivity index is 3.05. The Kier molecular flexibility index (Phi) is 3.05. The van der Waals surface area contributed by atoms with Crippen molar-refractivity contribution in [3.8, 4) is 0 Å². The van der Waals surface area contributed by atoms with Crippen LogP contribution in [0.4, 0.5) is 0 Å². The zero-order valence-corrected chi connectivity index (χ0v) is 9.27. The molecule has 2 unspecified atom stereocenters. The highest BCUT2D eigenvalue weighted by Crippen LogP contribution is 2.12. The van der Waals surface area contributed by atoms with Gasteiger partial charge >= 0.3 is 0 Å². The van der Waals surface area contributed by atoms with Gasteiger partial charge in [-0.25, -0.2) is 0 Å². The summed E-state index contributed by atoms with van der Waals surface area (Å²) in [4.78, 5) is 0. The Morgan fingerprint density at radius 1 is 1.09 bits per heavy atom. The molecule has 0 saturated carbocycles. The molecule has 0 fully saturated rings. The van der Waals surface area contributed by atoms with E-state index in [1.165, 1.54) is 16.2 Å². The van der Waals surface area contributed by atoms with Crippen LogP contribution in [0, 0.1) is 0 Å². The van der Waals surface area contributed by atoms with E-state index in [1.54, 1.807) is 0 Å². The van der Waals surface area contributed by atoms with Crippen molar-refractivity contribution in [3.05, 3.63) is 23.8 Å². The van der Waals surface area contributed by atoms with Crippen LogP contribution in [0.2, 0.25) is 0 Å². The lowest BCUT2D eigenvalue weighted by Gasteiger charge is -2.07. The largest absolute Gasteiger partial charge is 0.105 e. The second-order valence-corrected chi connectivity index (χ2v) is 4.29. The standard InChI is InChI=1S/C9H14P2/c1-6(2)7-3-4-8(10)9(11)5-7/h3-6H,10-11H2,1-2H3. The summed E-state index contributed by atoms with van der Waals surface area (Å²) in [5, 5.41) is 2.54. The molecule has 0 aliphatic rings. The number of hydrogen-bond donors (Lipinski definition) is 0. The molecule has 0 aromatic heterocycles. The maximum Gasteiger partial charge on any atom is -0.0219 e. The second kappa shape index (κ2) is 3.65. The highest BCUT2D eigenvalue weighted by molar-refractivity contribution is 7.35. The molecule has 0 bridgehead atoms. The molecule has 60 valence electrons. The van der Waals surface area contributed by atoms with Gasteiger partial charge in [0.2, 0.25) is 0 Å². The van der Waals surface area contributed by atoms with E-state index in [2.05, 4.69) is 50.5 Å². The third-order valence-corrected chi connectivity index (χ3v) is 3.14. The molecule has 0 aliphatic carbocycles. The first-order chi connectivity index (χ1) is 5.11. The van der Waals surface area contributed by atoms with Crippen molar-refractivity contribution in [1.29, 1.82) is 0 Å². The van der Waals surface area contributed by atoms with Crippen molar-refractivity contribution in [1.82, 2.24) is 0 Å². The van der Waals surface area contributed by atoms with E-state index in [0.29, 0.717) is 5.92 Å². The van der Waals surface area contributed by atoms with E-state index in [-0.39, 0.29) is 0 Å². The first-order valence-corrected chi connectivity index (χ1v) is 4.91. The molecule has 0 aliphatic heterocycles. The molecule has 2 heteroatoms. The molecular weight excluding hydrogens is 170 g/mol. The average molecular weight is 184 g/mol. The van der Waals surface area contributed by atoms with Crippen LogP contribution in [0.1, 0.15) is 25.3 Å². The molecule has 1 aromatic carbocycles. The predicted molar refractivity (Wildman–Crippen MR) is 59.2 cm³/mol. The first-order valence-electron chi connectivity index (χ1n) is 3.76. The van der Waals surface area contributed by atoms with Gasteiger partial charge in [-0.2, -0.15) is 0 Å². The number of hydrogen-bond acceptors (Lipinski definition) is 0. The van der Waals surface area contributed by atoms with E-state index in [9.17, 15) is 0 Å². The van der Waals surface area contributed by atoms with Gasteiger partial charge in [0.15, 0.2) is 0 Å². The monoisotopic (exact) mass is 184 g/mol. The Hall–Kier alpha value is 0.0800. The topological polar surface area (TPSA) is 0 Å². The third kappa shape index (κ3) is 2.26. The lowest BCUT2D eigenvalue weighted by atomic mass is 10.0. The van der Waals surface area contributed by atoms with Gasteiger partial charge in [-0.3, -0.25) is 0 Å². The quantitative estimate of drug-likeness (QED) is 0.584. The zero-order chi connectivity index (χ0) is 8.43. The van der Waals surface area contributed by atoms with Gasteiger partial charge in [0, 0.05) is 0 Å². The SMILES string of the molecule is CC(C)c1ccc(P)c(P)c1. The van der Waals surface area contributed by atoms with Crippen LogP contribution in [-0.2, 0) is 0 Å². The first kappa shape index (κ1) is 9.17. The summed E-state index contributed by atoms with van der Waals surface area (Å²) in [6.45, 7) is 4.42. The Morgan fingerprint density at radius 2 is 1.73 bits per heavy atom. The lowest BCUT2D eigenvalue weighted by molar-refractivity contribution is 0.868. The van der Waals surface area contributed by atoms with Crippen LogP contribution in [0.3, 0.4) is 0 Å². The average Bonchev–Trinajstić information content (AvgIpc) is 1.94. The van der Waals surface area contributed by atoms with E-state index >= 15 is 0 Å². The molecule has 2 atom stereocenters. The smallest absolute Gasteiger partial charge is 0.0219 e. The summed E-state index contributed by atoms with van der Waals surface area (Å²) in [7, 11) is 5.47. The van der Waals surface area contributed by atoms with Crippen molar-refractivity contribution in [2.24, 2.45) is 0 Å². The van der Waals surface area contributed by atoms with Crippen LogP contribution in [-0.4, -0.2) is 0 Å². The Morgan fingerprint density at radius 3 is 2.18 bits per heavy atom. The van der Waals surface area contributed by atoms with Crippen LogP contribution in [0.5, 0.6) is 0 Å². The van der Waals surface area contributed by atoms with Crippen molar-refractivity contribution >= 4 is 29.1 Å². The van der Waals surface area contributed by atoms with Crippen molar-refractivity contribution < 1.29 is 0 Å². The summed E-state index contributed by atoms with van der Waals surface area (Å²) in [6, 6.07) is 6.54. The summed E-state index contributed by atoms with van der Waals surface area (Å²) in [5.41, 5.74) is 1.40. The van der Waals surface area contributed by atoms with Crippen molar-refractivity contribution in [2.75, 3.05) is 0 Å². The normalized spacial score (nSPS) is 10.6. The van der Waals surface area contributed by atoms with Crippen LogP contribution >= 0.6 is 18.5 Å². The highest BCUT2D eigenvalue weighted by Gasteiger charge is 1.99. The fraction of sp³-hybridized carbons (Fsp3) is 0.333. The van der Waals surface area contributed by atoms with Gasteiger partial charge < -0.3 is 0 Å². The van der Waals surface area contributed by atoms with Gasteiger partial charge in [-0.15, -0.1) is 18.5 Å². The molecule has 0 N–H and O–H groups in total. The number of rotatable bonds is 1. The van der Waals surface area contributed by atoms with Crippen molar-refractivity contribution in [2.45, 2.75) is 19.8 Å². The van der Waals surface area contributed by atoms with Crippen molar-refractivity contribution in [3.63, 3.8) is 0 Å². The van der Waals surface area contributed by atoms with E-state index in [4.69, 9.17) is 0 Å². The molecule has 0 heterocycles. The molecule has 11 heavy (non-hydrogen) atoms. The Labute approximate surface area is 73.2 Å². The molecule has 0 spiro atoms. The minimum Gasteiger partial charge on any atom is -0.105 e. The van der Waals surface area contributed by atoms with E-state index < -0.39 is 0 Å². The molecule has 1 rings (SSSR count). The summed E-state index contributed by atoms with van der Waals surface area (Å²) in [5.74, 6) is 0.625. The van der Waals surface area contributed by atoms with E-state index in [0.717, 1.165) is 0 Å². The molecule has 0 saturated heterocycles. The fourth-order valence-corrected chi connectivity index (χ4v) is 1.42. The van der Waals surface area contributed by atoms with Crippen LogP contribution in [0.15, 0.2) is 18.2 Å². The van der Waals surface area contributed by atoms with Crippen LogP contribution < -0.4 is 10.6 Å². The van der Waals surface area contributed by atoms with Gasteiger partial charge in [0.25, 0.3) is 0 Å². The second-order valence-electron chi connectivity index (χ2n) is 3.04. The Bertz CT molecular complexity index is 254. The summed E-state index contributed by atoms with van der Waals surface area (Å²) < 4.78 is 0. The van der Waals surface area contributed by atoms with Gasteiger partial charge in [-0.05, 0) is 22.1 Å². The summed E-state index contributed by atoms with van der Waals surface area (Å²) >= 11 is 0. The predicted octanol–water partition coefficient (Wildman–Crippen LogP) is 1.81. The molecule has 1 aromatic rings. The van der Waals surface area contributed by atoms with Crippen LogP contribution in [0.25, 0.3) is 0 Å². The minimum atomic E-state index is 0.625. The highest BCUT2D eigenvalue weighted by atomic mass is 31.0. The van der Waals surface area contributed by atoms with Gasteiger partial charge in [-0.1, -0.05) is 32.0 Å². The van der Waals surface area contributed by atoms with Gasteiger partial charge in [0.1, 0.15) is 0 Å². The maximum absolute atomic E-state index is 2.75. The molecule has 0 radical (unpaired) electrons. The third-order valence-electron chi connectivity index (χ3n) is 1.78. The number of benzene rings is 1. The zero-order valence-electron chi connectivity index (χ0n) is 6.96. The minimum absolute atomic E-state index is 0.625. The summed E-state index contributed by atoms with van der Waals surface area (Å²) in [6.07, 6.45) is 0. The molecular formula is C9H14P2. The van der Waals surface area contributed by atoms with E-state index in [1.807, 2.05) is 0 Å².